The molecule has 2 heterocycles. The molecule has 2 N–H and O–H groups in total. The molecule has 0 spiro atoms. The van der Waals surface area contributed by atoms with E-state index < -0.39 is 0 Å². The van der Waals surface area contributed by atoms with Crippen molar-refractivity contribution in [1.29, 1.82) is 0 Å². The molecule has 0 unspecified atom stereocenters. The van der Waals surface area contributed by atoms with Crippen LogP contribution in [0.5, 0.6) is 0 Å². The Bertz CT molecular complexity index is 468. The zero-order valence-electron chi connectivity index (χ0n) is 9.72. The molecule has 0 aliphatic heterocycles. The molecule has 86 valence electrons. The van der Waals surface area contributed by atoms with Crippen molar-refractivity contribution in [2.45, 2.75) is 33.4 Å². The predicted octanol–water partition coefficient (Wildman–Crippen LogP) is 1.43. The van der Waals surface area contributed by atoms with Crippen LogP contribution < -0.4 is 5.73 Å². The van der Waals surface area contributed by atoms with Gasteiger partial charge in [0.15, 0.2) is 0 Å². The van der Waals surface area contributed by atoms with Crippen LogP contribution in [0, 0.1) is 6.92 Å². The summed E-state index contributed by atoms with van der Waals surface area (Å²) in [7, 11) is 0. The van der Waals surface area contributed by atoms with Gasteiger partial charge in [0.2, 0.25) is 0 Å². The Labute approximate surface area is 94.9 Å². The van der Waals surface area contributed by atoms with Crippen LogP contribution in [0.15, 0.2) is 18.6 Å². The maximum Gasteiger partial charge on any atom is 0.124 e. The molecule has 5 nitrogen and oxygen atoms in total. The van der Waals surface area contributed by atoms with E-state index in [1.807, 2.05) is 24.0 Å². The van der Waals surface area contributed by atoms with Gasteiger partial charge >= 0.3 is 0 Å². The van der Waals surface area contributed by atoms with Crippen molar-refractivity contribution in [2.24, 2.45) is 0 Å². The molecule has 0 amide bonds. The Balaban J connectivity index is 2.11. The van der Waals surface area contributed by atoms with E-state index in [0.717, 1.165) is 29.9 Å². The molecule has 0 fully saturated rings. The maximum absolute atomic E-state index is 5.89. The Morgan fingerprint density at radius 1 is 1.31 bits per heavy atom. The van der Waals surface area contributed by atoms with Crippen LogP contribution in [0.2, 0.25) is 0 Å². The molecule has 0 aliphatic rings. The van der Waals surface area contributed by atoms with Crippen LogP contribution in [-0.2, 0) is 13.1 Å². The first kappa shape index (κ1) is 10.7. The number of hydrogen-bond donors (Lipinski definition) is 1. The first-order chi connectivity index (χ1) is 7.70. The van der Waals surface area contributed by atoms with Crippen LogP contribution in [0.1, 0.15) is 24.5 Å². The summed E-state index contributed by atoms with van der Waals surface area (Å²) in [6, 6.07) is 0. The summed E-state index contributed by atoms with van der Waals surface area (Å²) >= 11 is 0. The highest BCUT2D eigenvalue weighted by Gasteiger charge is 2.05. The van der Waals surface area contributed by atoms with Crippen LogP contribution >= 0.6 is 0 Å². The minimum atomic E-state index is 0.684. The third-order valence-electron chi connectivity index (χ3n) is 2.54. The smallest absolute Gasteiger partial charge is 0.124 e. The second-order valence-electron chi connectivity index (χ2n) is 3.98. The number of hydrogen-bond acceptors (Lipinski definition) is 3. The number of nitrogens with zero attached hydrogens (tertiary/aromatic N) is 4. The van der Waals surface area contributed by atoms with Crippen molar-refractivity contribution >= 4 is 5.82 Å². The van der Waals surface area contributed by atoms with E-state index in [1.165, 1.54) is 0 Å². The van der Waals surface area contributed by atoms with Gasteiger partial charge in [-0.15, -0.1) is 0 Å². The third-order valence-corrected chi connectivity index (χ3v) is 2.54. The summed E-state index contributed by atoms with van der Waals surface area (Å²) in [5.74, 6) is 0.725. The molecule has 0 aliphatic carbocycles. The number of aromatic nitrogens is 4. The van der Waals surface area contributed by atoms with E-state index in [9.17, 15) is 0 Å². The average molecular weight is 219 g/mol. The van der Waals surface area contributed by atoms with Gasteiger partial charge in [0.05, 0.1) is 18.9 Å². The summed E-state index contributed by atoms with van der Waals surface area (Å²) in [5, 5.41) is 8.49. The molecular formula is C11H17N5. The number of anilines is 1. The molecule has 5 heteroatoms. The topological polar surface area (TPSA) is 61.7 Å². The highest BCUT2D eigenvalue weighted by molar-refractivity contribution is 5.37. The van der Waals surface area contributed by atoms with Gasteiger partial charge in [-0.05, 0) is 13.3 Å². The molecule has 0 saturated heterocycles. The molecule has 2 aromatic heterocycles. The summed E-state index contributed by atoms with van der Waals surface area (Å²) in [6.45, 7) is 5.73. The van der Waals surface area contributed by atoms with Crippen LogP contribution in [0.25, 0.3) is 0 Å². The number of nitrogens with two attached hydrogens (primary N) is 1. The summed E-state index contributed by atoms with van der Waals surface area (Å²) in [5.41, 5.74) is 8.03. The lowest BCUT2D eigenvalue weighted by Gasteiger charge is -2.01. The highest BCUT2D eigenvalue weighted by Crippen LogP contribution is 2.11. The van der Waals surface area contributed by atoms with Gasteiger partial charge in [0, 0.05) is 23.9 Å². The van der Waals surface area contributed by atoms with Gasteiger partial charge in [-0.3, -0.25) is 4.68 Å². The standard InChI is InChI=1S/C11H17N5/c1-3-4-15-7-10(6-13-15)8-16-11(12)9(2)5-14-16/h5-7H,3-4,8,12H2,1-2H3. The summed E-state index contributed by atoms with van der Waals surface area (Å²) < 4.78 is 3.74. The lowest BCUT2D eigenvalue weighted by atomic mass is 10.3. The SMILES string of the molecule is CCCn1cc(Cn2ncc(C)c2N)cn1. The van der Waals surface area contributed by atoms with E-state index in [4.69, 9.17) is 5.73 Å². The summed E-state index contributed by atoms with van der Waals surface area (Å²) in [4.78, 5) is 0. The predicted molar refractivity (Wildman–Crippen MR) is 63.0 cm³/mol. The van der Waals surface area contributed by atoms with E-state index >= 15 is 0 Å². The zero-order valence-corrected chi connectivity index (χ0v) is 9.72. The average Bonchev–Trinajstić information content (AvgIpc) is 2.82. The van der Waals surface area contributed by atoms with Gasteiger partial charge in [0.25, 0.3) is 0 Å². The minimum absolute atomic E-state index is 0.684. The maximum atomic E-state index is 5.89. The molecule has 0 bridgehead atoms. The molecular weight excluding hydrogens is 202 g/mol. The third kappa shape index (κ3) is 2.08. The van der Waals surface area contributed by atoms with E-state index in [2.05, 4.69) is 17.1 Å². The first-order valence-corrected chi connectivity index (χ1v) is 5.50. The number of rotatable bonds is 4. The fourth-order valence-electron chi connectivity index (χ4n) is 1.63. The molecule has 0 atom stereocenters. The van der Waals surface area contributed by atoms with E-state index in [0.29, 0.717) is 6.54 Å². The molecule has 0 aromatic carbocycles. The lowest BCUT2D eigenvalue weighted by molar-refractivity contribution is 0.601. The Morgan fingerprint density at radius 3 is 2.75 bits per heavy atom. The van der Waals surface area contributed by atoms with Crippen molar-refractivity contribution in [1.82, 2.24) is 19.6 Å². The Kier molecular flexibility index (Phi) is 2.94. The highest BCUT2D eigenvalue weighted by atomic mass is 15.3. The van der Waals surface area contributed by atoms with Gasteiger partial charge in [0.1, 0.15) is 5.82 Å². The van der Waals surface area contributed by atoms with Crippen LogP contribution in [0.3, 0.4) is 0 Å². The number of nitrogen functional groups attached to an aromatic ring is 1. The van der Waals surface area contributed by atoms with Crippen LogP contribution in [-0.4, -0.2) is 19.6 Å². The van der Waals surface area contributed by atoms with Crippen molar-refractivity contribution in [2.75, 3.05) is 5.73 Å². The van der Waals surface area contributed by atoms with Crippen molar-refractivity contribution in [3.63, 3.8) is 0 Å². The molecule has 0 radical (unpaired) electrons. The largest absolute Gasteiger partial charge is 0.384 e. The number of aryl methyl sites for hydroxylation is 2. The van der Waals surface area contributed by atoms with Gasteiger partial charge in [-0.1, -0.05) is 6.92 Å². The van der Waals surface area contributed by atoms with Gasteiger partial charge < -0.3 is 5.73 Å². The van der Waals surface area contributed by atoms with Gasteiger partial charge in [-0.25, -0.2) is 4.68 Å². The Morgan fingerprint density at radius 2 is 2.12 bits per heavy atom. The quantitative estimate of drug-likeness (QED) is 0.846. The fraction of sp³-hybridized carbons (Fsp3) is 0.455. The first-order valence-electron chi connectivity index (χ1n) is 5.50. The fourth-order valence-corrected chi connectivity index (χ4v) is 1.63. The molecule has 2 aromatic rings. The molecule has 16 heavy (non-hydrogen) atoms. The lowest BCUT2D eigenvalue weighted by Crippen LogP contribution is -2.05. The van der Waals surface area contributed by atoms with Crippen LogP contribution in [0.4, 0.5) is 5.82 Å². The molecule has 2 rings (SSSR count). The van der Waals surface area contributed by atoms with Crippen molar-refractivity contribution < 1.29 is 0 Å². The van der Waals surface area contributed by atoms with Gasteiger partial charge in [-0.2, -0.15) is 10.2 Å². The van der Waals surface area contributed by atoms with Crippen molar-refractivity contribution in [3.8, 4) is 0 Å². The monoisotopic (exact) mass is 219 g/mol. The Hall–Kier alpha value is -1.78. The molecule has 0 saturated carbocycles. The second-order valence-corrected chi connectivity index (χ2v) is 3.98. The van der Waals surface area contributed by atoms with E-state index in [-0.39, 0.29) is 0 Å². The second kappa shape index (κ2) is 4.38. The normalized spacial score (nSPS) is 10.9. The minimum Gasteiger partial charge on any atom is -0.384 e. The van der Waals surface area contributed by atoms with E-state index in [1.54, 1.807) is 10.9 Å². The van der Waals surface area contributed by atoms with Crippen molar-refractivity contribution in [3.05, 3.63) is 29.7 Å². The summed E-state index contributed by atoms with van der Waals surface area (Å²) in [6.07, 6.45) is 6.78. The zero-order chi connectivity index (χ0) is 11.5.